The van der Waals surface area contributed by atoms with Crippen molar-refractivity contribution in [2.24, 2.45) is 11.8 Å². The van der Waals surface area contributed by atoms with Crippen LogP contribution in [0.25, 0.3) is 0 Å². The lowest BCUT2D eigenvalue weighted by Gasteiger charge is -2.44. The van der Waals surface area contributed by atoms with Crippen LogP contribution in [-0.4, -0.2) is 30.3 Å². The second kappa shape index (κ2) is 4.61. The molecule has 90 valence electrons. The zero-order valence-electron chi connectivity index (χ0n) is 10.1. The van der Waals surface area contributed by atoms with Crippen LogP contribution >= 0.6 is 0 Å². The van der Waals surface area contributed by atoms with Crippen LogP contribution in [0.2, 0.25) is 0 Å². The maximum absolute atomic E-state index is 12.2. The van der Waals surface area contributed by atoms with Gasteiger partial charge in [0.15, 0.2) is 5.78 Å². The van der Waals surface area contributed by atoms with Gasteiger partial charge in [0.05, 0.1) is 0 Å². The van der Waals surface area contributed by atoms with Gasteiger partial charge in [0.2, 0.25) is 0 Å². The third-order valence-electron chi connectivity index (χ3n) is 4.33. The first-order valence-corrected chi connectivity index (χ1v) is 6.63. The monoisotopic (exact) mass is 229 g/mol. The van der Waals surface area contributed by atoms with Gasteiger partial charge < -0.3 is 4.90 Å². The van der Waals surface area contributed by atoms with Crippen molar-refractivity contribution < 1.29 is 4.79 Å². The predicted octanol–water partition coefficient (Wildman–Crippen LogP) is 2.60. The van der Waals surface area contributed by atoms with Crippen molar-refractivity contribution in [1.82, 2.24) is 4.90 Å². The summed E-state index contributed by atoms with van der Waals surface area (Å²) in [5.41, 5.74) is 0.879. The van der Waals surface area contributed by atoms with Crippen molar-refractivity contribution in [2.75, 3.05) is 19.6 Å². The summed E-state index contributed by atoms with van der Waals surface area (Å²) in [7, 11) is 0. The van der Waals surface area contributed by atoms with Crippen molar-refractivity contribution in [3.8, 4) is 0 Å². The number of nitrogens with zero attached hydrogens (tertiary/aromatic N) is 1. The molecule has 0 spiro atoms. The summed E-state index contributed by atoms with van der Waals surface area (Å²) in [6.07, 6.45) is 3.34. The normalized spacial score (nSPS) is 31.4. The first-order chi connectivity index (χ1) is 8.33. The average molecular weight is 229 g/mol. The molecule has 3 heterocycles. The van der Waals surface area contributed by atoms with E-state index in [1.54, 1.807) is 0 Å². The van der Waals surface area contributed by atoms with Gasteiger partial charge in [-0.05, 0) is 37.8 Å². The molecule has 3 aliphatic heterocycles. The van der Waals surface area contributed by atoms with Crippen LogP contribution < -0.4 is 0 Å². The van der Waals surface area contributed by atoms with Crippen molar-refractivity contribution in [2.45, 2.75) is 19.3 Å². The summed E-state index contributed by atoms with van der Waals surface area (Å²) < 4.78 is 0. The first kappa shape index (κ1) is 11.0. The molecular formula is C15H19NO. The number of carbonyl (C=O) groups excluding carboxylic acids is 1. The highest BCUT2D eigenvalue weighted by molar-refractivity contribution is 5.96. The molecule has 2 bridgehead atoms. The fourth-order valence-electron chi connectivity index (χ4n) is 3.30. The number of ketones is 1. The number of hydrogen-bond donors (Lipinski definition) is 0. The van der Waals surface area contributed by atoms with Gasteiger partial charge in [-0.15, -0.1) is 0 Å². The largest absolute Gasteiger partial charge is 0.303 e. The number of hydrogen-bond acceptors (Lipinski definition) is 2. The summed E-state index contributed by atoms with van der Waals surface area (Å²) >= 11 is 0. The van der Waals surface area contributed by atoms with Gasteiger partial charge in [-0.2, -0.15) is 0 Å². The molecule has 0 amide bonds. The van der Waals surface area contributed by atoms with E-state index in [0.29, 0.717) is 11.7 Å². The van der Waals surface area contributed by atoms with E-state index in [4.69, 9.17) is 0 Å². The molecule has 3 aliphatic rings. The van der Waals surface area contributed by atoms with E-state index < -0.39 is 0 Å². The Morgan fingerprint density at radius 3 is 2.47 bits per heavy atom. The van der Waals surface area contributed by atoms with E-state index in [9.17, 15) is 4.79 Å². The van der Waals surface area contributed by atoms with Gasteiger partial charge in [-0.25, -0.2) is 0 Å². The predicted molar refractivity (Wildman–Crippen MR) is 68.0 cm³/mol. The second-order valence-corrected chi connectivity index (χ2v) is 5.39. The number of Topliss-reactive ketones (excluding diaryl/α,β-unsaturated/α-hetero) is 1. The minimum Gasteiger partial charge on any atom is -0.303 e. The van der Waals surface area contributed by atoms with E-state index in [1.807, 2.05) is 30.3 Å². The van der Waals surface area contributed by atoms with Gasteiger partial charge >= 0.3 is 0 Å². The number of carbonyl (C=O) groups is 1. The summed E-state index contributed by atoms with van der Waals surface area (Å²) in [6.45, 7) is 3.64. The van der Waals surface area contributed by atoms with Crippen LogP contribution in [0, 0.1) is 11.8 Å². The van der Waals surface area contributed by atoms with Crippen LogP contribution in [0.4, 0.5) is 0 Å². The fourth-order valence-corrected chi connectivity index (χ4v) is 3.30. The Bertz CT molecular complexity index is 393. The Hall–Kier alpha value is -1.15. The molecule has 1 aromatic rings. The SMILES string of the molecule is O=C(CC1CN2CCC1CC2)c1ccccc1. The molecule has 17 heavy (non-hydrogen) atoms. The zero-order chi connectivity index (χ0) is 11.7. The van der Waals surface area contributed by atoms with E-state index >= 15 is 0 Å². The number of benzene rings is 1. The van der Waals surface area contributed by atoms with Crippen LogP contribution in [0.1, 0.15) is 29.6 Å². The quantitative estimate of drug-likeness (QED) is 0.743. The standard InChI is InChI=1S/C15H19NO/c17-15(13-4-2-1-3-5-13)10-14-11-16-8-6-12(14)7-9-16/h1-5,12,14H,6-11H2. The highest BCUT2D eigenvalue weighted by atomic mass is 16.1. The average Bonchev–Trinajstić information content (AvgIpc) is 2.41. The molecule has 2 nitrogen and oxygen atoms in total. The molecule has 4 rings (SSSR count). The van der Waals surface area contributed by atoms with Crippen molar-refractivity contribution in [1.29, 1.82) is 0 Å². The molecule has 1 unspecified atom stereocenters. The van der Waals surface area contributed by atoms with Crippen LogP contribution in [0.5, 0.6) is 0 Å². The Labute approximate surface area is 103 Å². The summed E-state index contributed by atoms with van der Waals surface area (Å²) in [5.74, 6) is 1.72. The molecule has 0 aliphatic carbocycles. The maximum Gasteiger partial charge on any atom is 0.163 e. The molecule has 1 atom stereocenters. The van der Waals surface area contributed by atoms with Crippen LogP contribution in [0.15, 0.2) is 30.3 Å². The van der Waals surface area contributed by atoms with Gasteiger partial charge in [0, 0.05) is 18.5 Å². The minimum atomic E-state index is 0.323. The third kappa shape index (κ3) is 2.27. The molecule has 3 fully saturated rings. The summed E-state index contributed by atoms with van der Waals surface area (Å²) in [4.78, 5) is 14.7. The lowest BCUT2D eigenvalue weighted by atomic mass is 9.76. The van der Waals surface area contributed by atoms with Gasteiger partial charge in [0.1, 0.15) is 0 Å². The molecule has 0 aromatic heterocycles. The maximum atomic E-state index is 12.2. The topological polar surface area (TPSA) is 20.3 Å². The molecule has 2 heteroatoms. The van der Waals surface area contributed by atoms with Crippen molar-refractivity contribution in [3.05, 3.63) is 35.9 Å². The number of piperidine rings is 3. The molecule has 3 saturated heterocycles. The smallest absolute Gasteiger partial charge is 0.163 e. The zero-order valence-corrected chi connectivity index (χ0v) is 10.1. The van der Waals surface area contributed by atoms with Crippen molar-refractivity contribution in [3.63, 3.8) is 0 Å². The summed E-state index contributed by atoms with van der Waals surface area (Å²) in [6, 6.07) is 9.73. The number of fused-ring (bicyclic) bond motifs is 3. The fraction of sp³-hybridized carbons (Fsp3) is 0.533. The molecule has 1 aromatic carbocycles. The summed E-state index contributed by atoms with van der Waals surface area (Å²) in [5, 5.41) is 0. The van der Waals surface area contributed by atoms with Crippen LogP contribution in [-0.2, 0) is 0 Å². The third-order valence-corrected chi connectivity index (χ3v) is 4.33. The minimum absolute atomic E-state index is 0.323. The molecule has 0 N–H and O–H groups in total. The Kier molecular flexibility index (Phi) is 2.98. The van der Waals surface area contributed by atoms with E-state index in [1.165, 1.54) is 25.9 Å². The molecule has 0 radical (unpaired) electrons. The van der Waals surface area contributed by atoms with E-state index in [2.05, 4.69) is 4.90 Å². The Morgan fingerprint density at radius 2 is 1.88 bits per heavy atom. The lowest BCUT2D eigenvalue weighted by molar-refractivity contribution is 0.0441. The van der Waals surface area contributed by atoms with Gasteiger partial charge in [0.25, 0.3) is 0 Å². The van der Waals surface area contributed by atoms with Gasteiger partial charge in [-0.1, -0.05) is 30.3 Å². The highest BCUT2D eigenvalue weighted by Crippen LogP contribution is 2.34. The van der Waals surface area contributed by atoms with Gasteiger partial charge in [-0.3, -0.25) is 4.79 Å². The second-order valence-electron chi connectivity index (χ2n) is 5.39. The first-order valence-electron chi connectivity index (χ1n) is 6.63. The van der Waals surface area contributed by atoms with Crippen molar-refractivity contribution >= 4 is 5.78 Å². The highest BCUT2D eigenvalue weighted by Gasteiger charge is 2.34. The van der Waals surface area contributed by atoms with E-state index in [-0.39, 0.29) is 0 Å². The van der Waals surface area contributed by atoms with E-state index in [0.717, 1.165) is 24.4 Å². The Morgan fingerprint density at radius 1 is 1.18 bits per heavy atom. The number of rotatable bonds is 3. The molecular weight excluding hydrogens is 210 g/mol. The van der Waals surface area contributed by atoms with Crippen LogP contribution in [0.3, 0.4) is 0 Å². The molecule has 0 saturated carbocycles. The lowest BCUT2D eigenvalue weighted by Crippen LogP contribution is -2.47. The Balaban J connectivity index is 1.66.